The van der Waals surface area contributed by atoms with Crippen LogP contribution < -0.4 is 4.74 Å². The van der Waals surface area contributed by atoms with E-state index in [0.29, 0.717) is 17.6 Å². The summed E-state index contributed by atoms with van der Waals surface area (Å²) in [6, 6.07) is 5.12. The van der Waals surface area contributed by atoms with Crippen LogP contribution in [0.4, 0.5) is 0 Å². The average molecular weight is 404 g/mol. The molecule has 2 saturated carbocycles. The number of rotatable bonds is 5. The molecule has 4 rings (SSSR count). The lowest BCUT2D eigenvalue weighted by Crippen LogP contribution is -2.24. The van der Waals surface area contributed by atoms with E-state index in [0.717, 1.165) is 18.4 Å². The standard InChI is InChI=1S/C21H26ClN3O3/c1-21(2,3)28-20(26)16-6-7-17(23-19(16)22)25-9-8-18(24-25)27-12-15-11-13-4-5-14(15)10-13/h6-9,13-15H,4-5,10-12H2,1-3H3/t13-,14+,15?/m0/s1. The van der Waals surface area contributed by atoms with Gasteiger partial charge in [0.2, 0.25) is 5.88 Å². The van der Waals surface area contributed by atoms with Crippen molar-refractivity contribution in [1.29, 1.82) is 0 Å². The Morgan fingerprint density at radius 1 is 1.25 bits per heavy atom. The quantitative estimate of drug-likeness (QED) is 0.535. The summed E-state index contributed by atoms with van der Waals surface area (Å²) in [5.74, 6) is 3.00. The van der Waals surface area contributed by atoms with Gasteiger partial charge < -0.3 is 9.47 Å². The number of fused-ring (bicyclic) bond motifs is 2. The van der Waals surface area contributed by atoms with Crippen molar-refractivity contribution in [1.82, 2.24) is 14.8 Å². The molecule has 150 valence electrons. The molecule has 2 fully saturated rings. The minimum absolute atomic E-state index is 0.0895. The highest BCUT2D eigenvalue weighted by atomic mass is 35.5. The lowest BCUT2D eigenvalue weighted by Gasteiger charge is -2.20. The van der Waals surface area contributed by atoms with Gasteiger partial charge in [0.1, 0.15) is 10.8 Å². The molecule has 1 unspecified atom stereocenters. The van der Waals surface area contributed by atoms with Gasteiger partial charge in [0.05, 0.1) is 12.2 Å². The van der Waals surface area contributed by atoms with Crippen molar-refractivity contribution in [3.63, 3.8) is 0 Å². The first-order valence-electron chi connectivity index (χ1n) is 9.87. The van der Waals surface area contributed by atoms with Crippen LogP contribution >= 0.6 is 11.6 Å². The Hall–Kier alpha value is -2.08. The number of carbonyl (C=O) groups excluding carboxylic acids is 1. The monoisotopic (exact) mass is 403 g/mol. The van der Waals surface area contributed by atoms with Gasteiger partial charge in [-0.3, -0.25) is 0 Å². The summed E-state index contributed by atoms with van der Waals surface area (Å²) < 4.78 is 12.9. The molecular weight excluding hydrogens is 378 g/mol. The summed E-state index contributed by atoms with van der Waals surface area (Å²) in [4.78, 5) is 16.5. The summed E-state index contributed by atoms with van der Waals surface area (Å²) in [6.07, 6.45) is 7.17. The van der Waals surface area contributed by atoms with E-state index in [2.05, 4.69) is 10.1 Å². The second-order valence-corrected chi connectivity index (χ2v) is 9.21. The molecule has 28 heavy (non-hydrogen) atoms. The molecule has 0 aliphatic heterocycles. The molecule has 0 aromatic carbocycles. The summed E-state index contributed by atoms with van der Waals surface area (Å²) in [6.45, 7) is 6.15. The highest BCUT2D eigenvalue weighted by molar-refractivity contribution is 6.32. The Balaban J connectivity index is 1.40. The van der Waals surface area contributed by atoms with Crippen molar-refractivity contribution in [3.05, 3.63) is 35.1 Å². The predicted molar refractivity (Wildman–Crippen MR) is 106 cm³/mol. The fourth-order valence-electron chi connectivity index (χ4n) is 4.32. The van der Waals surface area contributed by atoms with E-state index in [1.807, 2.05) is 26.8 Å². The van der Waals surface area contributed by atoms with E-state index in [-0.39, 0.29) is 10.7 Å². The largest absolute Gasteiger partial charge is 0.476 e. The summed E-state index contributed by atoms with van der Waals surface area (Å²) in [5, 5.41) is 4.53. The van der Waals surface area contributed by atoms with Crippen molar-refractivity contribution in [3.8, 4) is 11.7 Å². The molecule has 2 bridgehead atoms. The van der Waals surface area contributed by atoms with Gasteiger partial charge in [0.25, 0.3) is 0 Å². The van der Waals surface area contributed by atoms with Gasteiger partial charge in [-0.05, 0) is 69.9 Å². The predicted octanol–water partition coefficient (Wildman–Crippen LogP) is 4.69. The van der Waals surface area contributed by atoms with E-state index in [9.17, 15) is 4.79 Å². The van der Waals surface area contributed by atoms with Crippen LogP contribution in [0.15, 0.2) is 24.4 Å². The molecule has 7 heteroatoms. The third-order valence-corrected chi connectivity index (χ3v) is 5.87. The van der Waals surface area contributed by atoms with Crippen LogP contribution in [0.25, 0.3) is 5.82 Å². The minimum atomic E-state index is -0.591. The third kappa shape index (κ3) is 4.17. The second kappa shape index (κ2) is 7.39. The van der Waals surface area contributed by atoms with Crippen molar-refractivity contribution >= 4 is 17.6 Å². The molecular formula is C21H26ClN3O3. The van der Waals surface area contributed by atoms with E-state index in [1.165, 1.54) is 25.7 Å². The summed E-state index contributed by atoms with van der Waals surface area (Å²) >= 11 is 6.21. The number of pyridine rings is 1. The molecule has 3 atom stereocenters. The number of nitrogens with zero attached hydrogens (tertiary/aromatic N) is 3. The fraction of sp³-hybridized carbons (Fsp3) is 0.571. The molecule has 2 aromatic heterocycles. The zero-order chi connectivity index (χ0) is 19.9. The molecule has 2 aromatic rings. The number of hydrogen-bond acceptors (Lipinski definition) is 5. The SMILES string of the molecule is CC(C)(C)OC(=O)c1ccc(-n2ccc(OCC3C[C@H]4CC[C@@H]3C4)n2)nc1Cl. The smallest absolute Gasteiger partial charge is 0.341 e. The van der Waals surface area contributed by atoms with Gasteiger partial charge in [-0.15, -0.1) is 5.10 Å². The van der Waals surface area contributed by atoms with E-state index in [4.69, 9.17) is 21.1 Å². The second-order valence-electron chi connectivity index (χ2n) is 8.85. The maximum Gasteiger partial charge on any atom is 0.341 e. The minimum Gasteiger partial charge on any atom is -0.476 e. The first-order valence-corrected chi connectivity index (χ1v) is 10.2. The molecule has 2 aliphatic rings. The Morgan fingerprint density at radius 3 is 2.71 bits per heavy atom. The van der Waals surface area contributed by atoms with Crippen LogP contribution in [0.1, 0.15) is 56.8 Å². The first kappa shape index (κ1) is 19.2. The summed E-state index contributed by atoms with van der Waals surface area (Å²) in [7, 11) is 0. The average Bonchev–Trinajstić information content (AvgIpc) is 3.35. The van der Waals surface area contributed by atoms with Crippen LogP contribution in [-0.2, 0) is 4.74 Å². The highest BCUT2D eigenvalue weighted by Crippen LogP contribution is 2.48. The van der Waals surface area contributed by atoms with Gasteiger partial charge >= 0.3 is 5.97 Å². The number of halogens is 1. The maximum atomic E-state index is 12.2. The Labute approximate surface area is 170 Å². The van der Waals surface area contributed by atoms with Crippen molar-refractivity contribution in [2.24, 2.45) is 17.8 Å². The van der Waals surface area contributed by atoms with Crippen LogP contribution in [0.3, 0.4) is 0 Å². The van der Waals surface area contributed by atoms with Crippen LogP contribution in [0.2, 0.25) is 5.15 Å². The highest BCUT2D eigenvalue weighted by Gasteiger charge is 2.39. The van der Waals surface area contributed by atoms with Gasteiger partial charge in [0, 0.05) is 12.3 Å². The molecule has 6 nitrogen and oxygen atoms in total. The van der Waals surface area contributed by atoms with Crippen LogP contribution in [0, 0.1) is 17.8 Å². The normalized spacial score (nSPS) is 23.8. The topological polar surface area (TPSA) is 66.2 Å². The van der Waals surface area contributed by atoms with Crippen molar-refractivity contribution in [2.45, 2.75) is 52.1 Å². The van der Waals surface area contributed by atoms with Crippen molar-refractivity contribution < 1.29 is 14.3 Å². The van der Waals surface area contributed by atoms with Gasteiger partial charge in [0.15, 0.2) is 5.82 Å². The molecule has 0 radical (unpaired) electrons. The van der Waals surface area contributed by atoms with Crippen LogP contribution in [0.5, 0.6) is 5.88 Å². The van der Waals surface area contributed by atoms with Crippen LogP contribution in [-0.4, -0.2) is 32.9 Å². The van der Waals surface area contributed by atoms with E-state index < -0.39 is 11.6 Å². The van der Waals surface area contributed by atoms with Gasteiger partial charge in [-0.1, -0.05) is 18.0 Å². The number of carbonyl (C=O) groups is 1. The third-order valence-electron chi connectivity index (χ3n) is 5.58. The molecule has 0 saturated heterocycles. The first-order chi connectivity index (χ1) is 13.3. The van der Waals surface area contributed by atoms with Gasteiger partial charge in [-0.2, -0.15) is 0 Å². The van der Waals surface area contributed by atoms with Gasteiger partial charge in [-0.25, -0.2) is 14.5 Å². The lowest BCUT2D eigenvalue weighted by molar-refractivity contribution is 0.00693. The van der Waals surface area contributed by atoms with E-state index >= 15 is 0 Å². The fourth-order valence-corrected chi connectivity index (χ4v) is 4.55. The zero-order valence-corrected chi connectivity index (χ0v) is 17.3. The Bertz CT molecular complexity index is 874. The molecule has 2 aliphatic carbocycles. The number of aromatic nitrogens is 3. The van der Waals surface area contributed by atoms with E-state index in [1.54, 1.807) is 23.0 Å². The molecule has 0 amide bonds. The Kier molecular flexibility index (Phi) is 5.08. The number of esters is 1. The van der Waals surface area contributed by atoms with Crippen molar-refractivity contribution in [2.75, 3.05) is 6.61 Å². The zero-order valence-electron chi connectivity index (χ0n) is 16.5. The maximum absolute atomic E-state index is 12.2. The number of hydrogen-bond donors (Lipinski definition) is 0. The molecule has 0 N–H and O–H groups in total. The molecule has 2 heterocycles. The summed E-state index contributed by atoms with van der Waals surface area (Å²) in [5.41, 5.74) is -0.355. The Morgan fingerprint density at radius 2 is 2.07 bits per heavy atom. The lowest BCUT2D eigenvalue weighted by atomic mass is 9.90. The number of ether oxygens (including phenoxy) is 2. The molecule has 0 spiro atoms.